The van der Waals surface area contributed by atoms with E-state index in [9.17, 15) is 4.79 Å². The van der Waals surface area contributed by atoms with Crippen LogP contribution in [0.3, 0.4) is 0 Å². The Morgan fingerprint density at radius 2 is 2.08 bits per heavy atom. The molecule has 0 aliphatic heterocycles. The average Bonchev–Trinajstić information content (AvgIpc) is 3.28. The monoisotopic (exact) mass is 340 g/mol. The zero-order valence-electron chi connectivity index (χ0n) is 13.6. The van der Waals surface area contributed by atoms with Crippen molar-refractivity contribution in [2.24, 2.45) is 0 Å². The molecule has 124 valence electrons. The third-order valence-corrected chi connectivity index (χ3v) is 4.57. The lowest BCUT2D eigenvalue weighted by atomic mass is 10.2. The second-order valence-corrected chi connectivity index (χ2v) is 6.46. The van der Waals surface area contributed by atoms with Crippen LogP contribution in [0.5, 0.6) is 0 Å². The molecule has 0 bridgehead atoms. The number of benzene rings is 1. The van der Waals surface area contributed by atoms with Crippen molar-refractivity contribution in [3.63, 3.8) is 0 Å². The zero-order chi connectivity index (χ0) is 16.8. The van der Waals surface area contributed by atoms with Crippen LogP contribution in [-0.2, 0) is 13.1 Å². The Bertz CT molecular complexity index is 751. The fourth-order valence-corrected chi connectivity index (χ4v) is 3.11. The van der Waals surface area contributed by atoms with Crippen molar-refractivity contribution in [2.45, 2.75) is 20.0 Å². The summed E-state index contributed by atoms with van der Waals surface area (Å²) in [6.45, 7) is 4.01. The standard InChI is InChI=1S/C18H20N4OS/c1-2-21(14-17-5-3-12-24-17)18(23)20-16-8-6-15(7-9-16)13-22-11-4-10-19-22/h3-12H,2,13-14H2,1H3,(H,20,23). The predicted molar refractivity (Wildman–Crippen MR) is 97.2 cm³/mol. The number of urea groups is 1. The van der Waals surface area contributed by atoms with Crippen LogP contribution in [-0.4, -0.2) is 27.3 Å². The van der Waals surface area contributed by atoms with Gasteiger partial charge >= 0.3 is 6.03 Å². The van der Waals surface area contributed by atoms with Gasteiger partial charge in [-0.1, -0.05) is 18.2 Å². The van der Waals surface area contributed by atoms with E-state index in [1.807, 2.05) is 65.6 Å². The normalized spacial score (nSPS) is 10.5. The summed E-state index contributed by atoms with van der Waals surface area (Å²) in [5.41, 5.74) is 1.94. The first-order chi connectivity index (χ1) is 11.7. The first-order valence-corrected chi connectivity index (χ1v) is 8.77. The smallest absolute Gasteiger partial charge is 0.320 e. The SMILES string of the molecule is CCN(Cc1cccs1)C(=O)Nc1ccc(Cn2cccn2)cc1. The zero-order valence-corrected chi connectivity index (χ0v) is 14.4. The van der Waals surface area contributed by atoms with Gasteiger partial charge in [-0.25, -0.2) is 4.79 Å². The van der Waals surface area contributed by atoms with E-state index in [-0.39, 0.29) is 6.03 Å². The van der Waals surface area contributed by atoms with Gasteiger partial charge in [0.25, 0.3) is 0 Å². The highest BCUT2D eigenvalue weighted by Gasteiger charge is 2.12. The molecule has 2 heterocycles. The summed E-state index contributed by atoms with van der Waals surface area (Å²) in [5.74, 6) is 0. The number of thiophene rings is 1. The molecule has 0 spiro atoms. The summed E-state index contributed by atoms with van der Waals surface area (Å²) in [6, 6.07) is 13.7. The van der Waals surface area contributed by atoms with E-state index in [1.54, 1.807) is 22.4 Å². The summed E-state index contributed by atoms with van der Waals surface area (Å²) in [4.78, 5) is 15.4. The molecule has 3 rings (SSSR count). The van der Waals surface area contributed by atoms with E-state index >= 15 is 0 Å². The van der Waals surface area contributed by atoms with Gasteiger partial charge in [0.2, 0.25) is 0 Å². The third-order valence-electron chi connectivity index (χ3n) is 3.70. The van der Waals surface area contributed by atoms with Gasteiger partial charge in [-0.15, -0.1) is 11.3 Å². The van der Waals surface area contributed by atoms with Gasteiger partial charge in [0.15, 0.2) is 0 Å². The fraction of sp³-hybridized carbons (Fsp3) is 0.222. The number of aromatic nitrogens is 2. The molecule has 0 aliphatic carbocycles. The topological polar surface area (TPSA) is 50.2 Å². The van der Waals surface area contributed by atoms with Crippen LogP contribution in [0.1, 0.15) is 17.4 Å². The molecule has 0 saturated heterocycles. The lowest BCUT2D eigenvalue weighted by molar-refractivity contribution is 0.212. The Hall–Kier alpha value is -2.60. The number of hydrogen-bond acceptors (Lipinski definition) is 3. The quantitative estimate of drug-likeness (QED) is 0.736. The van der Waals surface area contributed by atoms with Crippen LogP contribution in [0.25, 0.3) is 0 Å². The average molecular weight is 340 g/mol. The van der Waals surface area contributed by atoms with Crippen LogP contribution < -0.4 is 5.32 Å². The van der Waals surface area contributed by atoms with Gasteiger partial charge in [0.05, 0.1) is 13.1 Å². The Morgan fingerprint density at radius 1 is 1.25 bits per heavy atom. The fourth-order valence-electron chi connectivity index (χ4n) is 2.39. The van der Waals surface area contributed by atoms with Gasteiger partial charge in [-0.3, -0.25) is 4.68 Å². The lowest BCUT2D eigenvalue weighted by Crippen LogP contribution is -2.34. The minimum Gasteiger partial charge on any atom is -0.320 e. The first-order valence-electron chi connectivity index (χ1n) is 7.89. The Morgan fingerprint density at radius 3 is 2.71 bits per heavy atom. The summed E-state index contributed by atoms with van der Waals surface area (Å²) in [6.07, 6.45) is 3.70. The highest BCUT2D eigenvalue weighted by atomic mass is 32.1. The number of nitrogens with zero attached hydrogens (tertiary/aromatic N) is 3. The molecule has 24 heavy (non-hydrogen) atoms. The molecule has 0 fully saturated rings. The lowest BCUT2D eigenvalue weighted by Gasteiger charge is -2.20. The number of hydrogen-bond donors (Lipinski definition) is 1. The van der Waals surface area contributed by atoms with Crippen molar-refractivity contribution in [2.75, 3.05) is 11.9 Å². The number of nitrogens with one attached hydrogen (secondary N) is 1. The molecule has 2 aromatic heterocycles. The van der Waals surface area contributed by atoms with Crippen molar-refractivity contribution in [3.8, 4) is 0 Å². The van der Waals surface area contributed by atoms with Gasteiger partial charge in [0, 0.05) is 29.5 Å². The highest BCUT2D eigenvalue weighted by Crippen LogP contribution is 2.15. The summed E-state index contributed by atoms with van der Waals surface area (Å²) >= 11 is 1.66. The molecule has 5 nitrogen and oxygen atoms in total. The minimum atomic E-state index is -0.0780. The van der Waals surface area contributed by atoms with Crippen molar-refractivity contribution >= 4 is 23.1 Å². The summed E-state index contributed by atoms with van der Waals surface area (Å²) < 4.78 is 1.87. The van der Waals surface area contributed by atoms with E-state index in [1.165, 1.54) is 4.88 Å². The van der Waals surface area contributed by atoms with Crippen LogP contribution in [0.15, 0.2) is 60.2 Å². The van der Waals surface area contributed by atoms with Crippen LogP contribution >= 0.6 is 11.3 Å². The van der Waals surface area contributed by atoms with Crippen molar-refractivity contribution in [1.29, 1.82) is 0 Å². The molecule has 6 heteroatoms. The molecular formula is C18H20N4OS. The molecule has 0 atom stereocenters. The Labute approximate surface area is 145 Å². The molecule has 0 saturated carbocycles. The second-order valence-electron chi connectivity index (χ2n) is 5.42. The molecule has 0 unspecified atom stereocenters. The van der Waals surface area contributed by atoms with Crippen LogP contribution in [0.2, 0.25) is 0 Å². The molecular weight excluding hydrogens is 320 g/mol. The van der Waals surface area contributed by atoms with Gasteiger partial charge in [0.1, 0.15) is 0 Å². The van der Waals surface area contributed by atoms with Crippen molar-refractivity contribution in [1.82, 2.24) is 14.7 Å². The summed E-state index contributed by atoms with van der Waals surface area (Å²) in [7, 11) is 0. The molecule has 0 radical (unpaired) electrons. The van der Waals surface area contributed by atoms with Crippen LogP contribution in [0.4, 0.5) is 10.5 Å². The number of carbonyl (C=O) groups excluding carboxylic acids is 1. The number of amides is 2. The minimum absolute atomic E-state index is 0.0780. The molecule has 1 N–H and O–H groups in total. The number of rotatable bonds is 6. The number of carbonyl (C=O) groups is 1. The molecule has 0 aliphatic rings. The largest absolute Gasteiger partial charge is 0.322 e. The van der Waals surface area contributed by atoms with E-state index in [0.29, 0.717) is 13.1 Å². The maximum absolute atomic E-state index is 12.4. The maximum Gasteiger partial charge on any atom is 0.322 e. The van der Waals surface area contributed by atoms with Crippen molar-refractivity contribution in [3.05, 3.63) is 70.7 Å². The van der Waals surface area contributed by atoms with E-state index in [0.717, 1.165) is 17.8 Å². The predicted octanol–water partition coefficient (Wildman–Crippen LogP) is 4.05. The number of anilines is 1. The summed E-state index contributed by atoms with van der Waals surface area (Å²) in [5, 5.41) is 9.18. The molecule has 2 amide bonds. The Kier molecular flexibility index (Phi) is 5.28. The van der Waals surface area contributed by atoms with E-state index in [2.05, 4.69) is 10.4 Å². The second kappa shape index (κ2) is 7.79. The van der Waals surface area contributed by atoms with Gasteiger partial charge in [-0.2, -0.15) is 5.10 Å². The molecule has 3 aromatic rings. The maximum atomic E-state index is 12.4. The van der Waals surface area contributed by atoms with E-state index in [4.69, 9.17) is 0 Å². The van der Waals surface area contributed by atoms with Gasteiger partial charge in [-0.05, 0) is 42.1 Å². The van der Waals surface area contributed by atoms with Crippen molar-refractivity contribution < 1.29 is 4.79 Å². The van der Waals surface area contributed by atoms with Crippen LogP contribution in [0, 0.1) is 0 Å². The third kappa shape index (κ3) is 4.23. The molecule has 1 aromatic carbocycles. The Balaban J connectivity index is 1.59. The first kappa shape index (κ1) is 16.3. The highest BCUT2D eigenvalue weighted by molar-refractivity contribution is 7.09. The van der Waals surface area contributed by atoms with E-state index < -0.39 is 0 Å². The van der Waals surface area contributed by atoms with Gasteiger partial charge < -0.3 is 10.2 Å².